The Morgan fingerprint density at radius 2 is 1.80 bits per heavy atom. The minimum absolute atomic E-state index is 0.0198. The van der Waals surface area contributed by atoms with Gasteiger partial charge in [-0.3, -0.25) is 14.5 Å². The molecule has 1 atom stereocenters. The summed E-state index contributed by atoms with van der Waals surface area (Å²) < 4.78 is 25.9. The number of anilines is 1. The SMILES string of the molecule is CCCOc1ccc([C@@H]2C(=C(O)c3ccc(OC)c(F)c3)C(=O)C(=O)N2c2nnc(SCc3cccc4ccccc34)s2)cc1. The molecule has 4 aromatic carbocycles. The highest BCUT2D eigenvalue weighted by Crippen LogP contribution is 2.44. The van der Waals surface area contributed by atoms with Crippen molar-refractivity contribution >= 4 is 56.5 Å². The second-order valence-corrected chi connectivity index (χ2v) is 12.4. The molecule has 1 amide bonds. The van der Waals surface area contributed by atoms with E-state index in [9.17, 15) is 19.1 Å². The topological polar surface area (TPSA) is 102 Å². The zero-order valence-corrected chi connectivity index (χ0v) is 26.0. The van der Waals surface area contributed by atoms with Crippen LogP contribution in [0.2, 0.25) is 0 Å². The van der Waals surface area contributed by atoms with E-state index >= 15 is 0 Å². The van der Waals surface area contributed by atoms with Crippen LogP contribution in [0.3, 0.4) is 0 Å². The lowest BCUT2D eigenvalue weighted by atomic mass is 9.95. The van der Waals surface area contributed by atoms with Crippen molar-refractivity contribution < 1.29 is 28.6 Å². The average molecular weight is 642 g/mol. The fourth-order valence-corrected chi connectivity index (χ4v) is 7.07. The number of halogens is 1. The number of thioether (sulfide) groups is 1. The second kappa shape index (κ2) is 13.1. The molecule has 1 saturated heterocycles. The zero-order valence-electron chi connectivity index (χ0n) is 24.4. The molecule has 6 rings (SSSR count). The molecule has 8 nitrogen and oxygen atoms in total. The van der Waals surface area contributed by atoms with E-state index in [4.69, 9.17) is 9.47 Å². The third-order valence-electron chi connectivity index (χ3n) is 7.37. The van der Waals surface area contributed by atoms with Gasteiger partial charge in [-0.2, -0.15) is 0 Å². The molecule has 0 radical (unpaired) electrons. The predicted molar refractivity (Wildman–Crippen MR) is 173 cm³/mol. The summed E-state index contributed by atoms with van der Waals surface area (Å²) in [6.07, 6.45) is 0.832. The molecule has 1 aliphatic heterocycles. The molecule has 5 aromatic rings. The number of aliphatic hydroxyl groups excluding tert-OH is 1. The van der Waals surface area contributed by atoms with E-state index in [-0.39, 0.29) is 22.0 Å². The lowest BCUT2D eigenvalue weighted by molar-refractivity contribution is -0.132. The molecule has 1 aliphatic rings. The highest BCUT2D eigenvalue weighted by atomic mass is 32.2. The number of amides is 1. The number of carbonyl (C=O) groups is 2. The van der Waals surface area contributed by atoms with E-state index in [1.165, 1.54) is 47.2 Å². The highest BCUT2D eigenvalue weighted by molar-refractivity contribution is 8.00. The number of nitrogens with zero attached hydrogens (tertiary/aromatic N) is 3. The number of carbonyl (C=O) groups excluding carboxylic acids is 2. The van der Waals surface area contributed by atoms with Gasteiger partial charge in [-0.05, 0) is 58.7 Å². The van der Waals surface area contributed by atoms with Gasteiger partial charge < -0.3 is 14.6 Å². The molecule has 0 aliphatic carbocycles. The summed E-state index contributed by atoms with van der Waals surface area (Å²) in [6.45, 7) is 2.53. The van der Waals surface area contributed by atoms with Crippen LogP contribution in [0.5, 0.6) is 11.5 Å². The van der Waals surface area contributed by atoms with Crippen molar-refractivity contribution in [2.45, 2.75) is 29.5 Å². The first-order chi connectivity index (χ1) is 21.9. The first kappa shape index (κ1) is 30.3. The fraction of sp³-hybridized carbons (Fsp3) is 0.176. The number of ether oxygens (including phenoxy) is 2. The Morgan fingerprint density at radius 3 is 2.56 bits per heavy atom. The highest BCUT2D eigenvalue weighted by Gasteiger charge is 2.48. The zero-order chi connectivity index (χ0) is 31.5. The molecular weight excluding hydrogens is 614 g/mol. The van der Waals surface area contributed by atoms with Crippen LogP contribution in [0.15, 0.2) is 94.8 Å². The van der Waals surface area contributed by atoms with Crippen LogP contribution in [0.4, 0.5) is 9.52 Å². The van der Waals surface area contributed by atoms with Crippen LogP contribution in [0.1, 0.15) is 36.1 Å². The average Bonchev–Trinajstić information content (AvgIpc) is 3.64. The van der Waals surface area contributed by atoms with Crippen LogP contribution < -0.4 is 14.4 Å². The van der Waals surface area contributed by atoms with Crippen molar-refractivity contribution in [3.05, 3.63) is 113 Å². The van der Waals surface area contributed by atoms with E-state index in [1.54, 1.807) is 24.3 Å². The largest absolute Gasteiger partial charge is 0.507 e. The maximum atomic E-state index is 14.6. The van der Waals surface area contributed by atoms with Crippen LogP contribution in [-0.4, -0.2) is 40.7 Å². The molecule has 11 heteroatoms. The van der Waals surface area contributed by atoms with Gasteiger partial charge in [-0.25, -0.2) is 4.39 Å². The van der Waals surface area contributed by atoms with Gasteiger partial charge >= 0.3 is 5.91 Å². The van der Waals surface area contributed by atoms with Crippen LogP contribution in [-0.2, 0) is 15.3 Å². The predicted octanol–water partition coefficient (Wildman–Crippen LogP) is 7.55. The maximum absolute atomic E-state index is 14.6. The number of ketones is 1. The van der Waals surface area contributed by atoms with Crippen molar-refractivity contribution in [3.8, 4) is 11.5 Å². The number of benzene rings is 4. The van der Waals surface area contributed by atoms with Crippen molar-refractivity contribution in [1.29, 1.82) is 0 Å². The molecule has 1 fully saturated rings. The number of fused-ring (bicyclic) bond motifs is 1. The minimum atomic E-state index is -1.04. The van der Waals surface area contributed by atoms with Gasteiger partial charge in [0.2, 0.25) is 5.13 Å². The third-order valence-corrected chi connectivity index (χ3v) is 9.48. The Kier molecular flexibility index (Phi) is 8.81. The lowest BCUT2D eigenvalue weighted by Crippen LogP contribution is -2.29. The fourth-order valence-electron chi connectivity index (χ4n) is 5.20. The Labute approximate surface area is 267 Å². The first-order valence-electron chi connectivity index (χ1n) is 14.2. The number of Topliss-reactive ketones (excluding diaryl/α,β-unsaturated/α-hetero) is 1. The number of aliphatic hydroxyl groups is 1. The van der Waals surface area contributed by atoms with E-state index < -0.39 is 29.3 Å². The van der Waals surface area contributed by atoms with Crippen molar-refractivity contribution in [3.63, 3.8) is 0 Å². The summed E-state index contributed by atoms with van der Waals surface area (Å²) in [5.41, 5.74) is 1.51. The quantitative estimate of drug-likeness (QED) is 0.0549. The lowest BCUT2D eigenvalue weighted by Gasteiger charge is -2.22. The molecule has 0 unspecified atom stereocenters. The van der Waals surface area contributed by atoms with Crippen molar-refractivity contribution in [1.82, 2.24) is 10.2 Å². The molecule has 1 aromatic heterocycles. The minimum Gasteiger partial charge on any atom is -0.507 e. The number of hydrogen-bond donors (Lipinski definition) is 1. The smallest absolute Gasteiger partial charge is 0.301 e. The van der Waals surface area contributed by atoms with Crippen LogP contribution >= 0.6 is 23.1 Å². The van der Waals surface area contributed by atoms with Crippen LogP contribution in [0.25, 0.3) is 16.5 Å². The number of hydrogen-bond acceptors (Lipinski definition) is 9. The van der Waals surface area contributed by atoms with Gasteiger partial charge in [0.1, 0.15) is 11.5 Å². The summed E-state index contributed by atoms with van der Waals surface area (Å²) in [5.74, 6) is -1.79. The maximum Gasteiger partial charge on any atom is 0.301 e. The van der Waals surface area contributed by atoms with Gasteiger partial charge in [0, 0.05) is 11.3 Å². The van der Waals surface area contributed by atoms with E-state index in [0.717, 1.165) is 28.8 Å². The summed E-state index contributed by atoms with van der Waals surface area (Å²) in [4.78, 5) is 28.4. The normalized spacial score (nSPS) is 16.0. The Morgan fingerprint density at radius 1 is 1.02 bits per heavy atom. The van der Waals surface area contributed by atoms with Gasteiger partial charge in [0.05, 0.1) is 25.3 Å². The monoisotopic (exact) mass is 641 g/mol. The van der Waals surface area contributed by atoms with Crippen LogP contribution in [0, 0.1) is 5.82 Å². The van der Waals surface area contributed by atoms with E-state index in [1.807, 2.05) is 25.1 Å². The Balaban J connectivity index is 1.37. The third kappa shape index (κ3) is 6.01. The first-order valence-corrected chi connectivity index (χ1v) is 16.0. The standard InChI is InChI=1S/C34H28FN3O5S2/c1-3-17-43-24-14-11-21(12-15-24)29-28(30(39)22-13-16-27(42-2)26(35)18-22)31(40)32(41)38(29)33-36-37-34(45-33)44-19-23-9-6-8-20-7-4-5-10-25(20)23/h4-16,18,29,39H,3,17,19H2,1-2H3/t29-/m1/s1. The van der Waals surface area contributed by atoms with Crippen molar-refractivity contribution in [2.75, 3.05) is 18.6 Å². The molecule has 2 heterocycles. The van der Waals surface area contributed by atoms with Gasteiger partial charge in [-0.1, -0.05) is 84.6 Å². The number of aromatic nitrogens is 2. The number of methoxy groups -OCH3 is 1. The molecule has 0 spiro atoms. The van der Waals surface area contributed by atoms with E-state index in [2.05, 4.69) is 34.5 Å². The molecular formula is C34H28FN3O5S2. The van der Waals surface area contributed by atoms with Gasteiger partial charge in [0.15, 0.2) is 15.9 Å². The number of rotatable bonds is 10. The van der Waals surface area contributed by atoms with E-state index in [0.29, 0.717) is 28.0 Å². The summed E-state index contributed by atoms with van der Waals surface area (Å²) in [6, 6.07) is 24.0. The summed E-state index contributed by atoms with van der Waals surface area (Å²) in [5, 5.41) is 22.5. The summed E-state index contributed by atoms with van der Waals surface area (Å²) >= 11 is 2.65. The molecule has 228 valence electrons. The van der Waals surface area contributed by atoms with Crippen molar-refractivity contribution in [2.24, 2.45) is 0 Å². The Hall–Kier alpha value is -4.74. The Bertz CT molecular complexity index is 1920. The molecule has 0 saturated carbocycles. The molecule has 0 bridgehead atoms. The summed E-state index contributed by atoms with van der Waals surface area (Å²) in [7, 11) is 1.33. The molecule has 1 N–H and O–H groups in total. The molecule has 45 heavy (non-hydrogen) atoms. The van der Waals surface area contributed by atoms with Gasteiger partial charge in [0.25, 0.3) is 5.78 Å². The second-order valence-electron chi connectivity index (χ2n) is 10.2. The van der Waals surface area contributed by atoms with Gasteiger partial charge in [-0.15, -0.1) is 10.2 Å².